The Morgan fingerprint density at radius 1 is 1.19 bits per heavy atom. The molecule has 0 atom stereocenters. The molecule has 21 heavy (non-hydrogen) atoms. The van der Waals surface area contributed by atoms with Crippen LogP contribution in [-0.2, 0) is 22.4 Å². The van der Waals surface area contributed by atoms with E-state index in [-0.39, 0.29) is 6.54 Å². The van der Waals surface area contributed by atoms with E-state index in [1.54, 1.807) is 0 Å². The van der Waals surface area contributed by atoms with Crippen molar-refractivity contribution in [3.8, 4) is 0 Å². The van der Waals surface area contributed by atoms with E-state index in [1.165, 1.54) is 28.2 Å². The maximum Gasteiger partial charge on any atom is 0.323 e. The lowest BCUT2D eigenvalue weighted by molar-refractivity contribution is -0.138. The molecule has 0 aromatic carbocycles. The number of primary amides is 1. The summed E-state index contributed by atoms with van der Waals surface area (Å²) in [4.78, 5) is 36.9. The van der Waals surface area contributed by atoms with Gasteiger partial charge in [0, 0.05) is 4.88 Å². The number of carbonyl (C=O) groups is 3. The number of hydrogen-bond acceptors (Lipinski definition) is 4. The van der Waals surface area contributed by atoms with Crippen molar-refractivity contribution in [1.29, 1.82) is 0 Å². The van der Waals surface area contributed by atoms with E-state index in [1.807, 2.05) is 6.07 Å². The molecule has 0 radical (unpaired) electrons. The van der Waals surface area contributed by atoms with E-state index in [0.717, 1.165) is 30.6 Å². The van der Waals surface area contributed by atoms with Crippen LogP contribution in [0.2, 0.25) is 0 Å². The van der Waals surface area contributed by atoms with Gasteiger partial charge in [-0.3, -0.25) is 14.4 Å². The van der Waals surface area contributed by atoms with Crippen LogP contribution in [0.5, 0.6) is 0 Å². The number of carbonyl (C=O) groups excluding carboxylic acids is 2. The zero-order chi connectivity index (χ0) is 15.4. The van der Waals surface area contributed by atoms with Gasteiger partial charge >= 0.3 is 5.97 Å². The first-order valence-corrected chi connectivity index (χ1v) is 7.70. The number of fused-ring (bicyclic) bond motifs is 1. The van der Waals surface area contributed by atoms with E-state index in [2.05, 4.69) is 0 Å². The highest BCUT2D eigenvalue weighted by Crippen LogP contribution is 2.29. The Balaban J connectivity index is 2.19. The van der Waals surface area contributed by atoms with Crippen molar-refractivity contribution >= 4 is 29.1 Å². The highest BCUT2D eigenvalue weighted by molar-refractivity contribution is 7.14. The molecule has 0 saturated carbocycles. The Morgan fingerprint density at radius 2 is 1.90 bits per heavy atom. The minimum Gasteiger partial charge on any atom is -0.480 e. The minimum absolute atomic E-state index is 0.381. The average molecular weight is 310 g/mol. The zero-order valence-electron chi connectivity index (χ0n) is 11.6. The molecular formula is C14H18N2O4S. The molecule has 1 heterocycles. The predicted molar refractivity (Wildman–Crippen MR) is 78.3 cm³/mol. The summed E-state index contributed by atoms with van der Waals surface area (Å²) in [6.07, 6.45) is 5.33. The fourth-order valence-corrected chi connectivity index (χ4v) is 3.70. The first kappa shape index (κ1) is 15.5. The molecule has 6 nitrogen and oxygen atoms in total. The predicted octanol–water partition coefficient (Wildman–Crippen LogP) is 1.03. The summed E-state index contributed by atoms with van der Waals surface area (Å²) in [6.45, 7) is -0.905. The molecule has 2 amide bonds. The van der Waals surface area contributed by atoms with E-state index in [9.17, 15) is 14.4 Å². The average Bonchev–Trinajstić information content (AvgIpc) is 2.67. The number of aryl methyl sites for hydroxylation is 2. The molecule has 0 fully saturated rings. The Hall–Kier alpha value is -1.89. The SMILES string of the molecule is NC(=O)CN(CC(=O)O)C(=O)c1cc2c(s1)CCCCC2. The summed E-state index contributed by atoms with van der Waals surface area (Å²) in [6, 6.07) is 1.84. The van der Waals surface area contributed by atoms with Crippen LogP contribution >= 0.6 is 11.3 Å². The van der Waals surface area contributed by atoms with Gasteiger partial charge in [0.15, 0.2) is 0 Å². The van der Waals surface area contributed by atoms with Crippen LogP contribution in [0, 0.1) is 0 Å². The topological polar surface area (TPSA) is 101 Å². The van der Waals surface area contributed by atoms with Gasteiger partial charge in [0.25, 0.3) is 5.91 Å². The Kier molecular flexibility index (Phi) is 4.95. The van der Waals surface area contributed by atoms with E-state index >= 15 is 0 Å². The summed E-state index contributed by atoms with van der Waals surface area (Å²) < 4.78 is 0. The van der Waals surface area contributed by atoms with Crippen LogP contribution in [0.3, 0.4) is 0 Å². The molecular weight excluding hydrogens is 292 g/mol. The molecule has 114 valence electrons. The lowest BCUT2D eigenvalue weighted by Gasteiger charge is -2.17. The largest absolute Gasteiger partial charge is 0.480 e. The number of carboxylic acids is 1. The second-order valence-corrected chi connectivity index (χ2v) is 6.28. The van der Waals surface area contributed by atoms with Crippen molar-refractivity contribution in [1.82, 2.24) is 4.90 Å². The monoisotopic (exact) mass is 310 g/mol. The lowest BCUT2D eigenvalue weighted by Crippen LogP contribution is -2.41. The van der Waals surface area contributed by atoms with Crippen molar-refractivity contribution in [3.05, 3.63) is 21.4 Å². The van der Waals surface area contributed by atoms with E-state index in [4.69, 9.17) is 10.8 Å². The molecule has 1 aliphatic rings. The molecule has 7 heteroatoms. The van der Waals surface area contributed by atoms with Crippen molar-refractivity contribution in [2.24, 2.45) is 5.73 Å². The van der Waals surface area contributed by atoms with Gasteiger partial charge in [-0.15, -0.1) is 11.3 Å². The van der Waals surface area contributed by atoms with Gasteiger partial charge in [-0.1, -0.05) is 6.42 Å². The second kappa shape index (κ2) is 6.71. The number of nitrogens with two attached hydrogens (primary N) is 1. The number of rotatable bonds is 5. The van der Waals surface area contributed by atoms with Crippen molar-refractivity contribution in [2.45, 2.75) is 32.1 Å². The molecule has 1 aromatic heterocycles. The van der Waals surface area contributed by atoms with Gasteiger partial charge in [-0.05, 0) is 37.3 Å². The molecule has 3 N–H and O–H groups in total. The molecule has 0 saturated heterocycles. The molecule has 0 unspecified atom stereocenters. The first-order chi connectivity index (χ1) is 9.97. The molecule has 0 spiro atoms. The summed E-state index contributed by atoms with van der Waals surface area (Å²) in [7, 11) is 0. The van der Waals surface area contributed by atoms with Crippen molar-refractivity contribution in [2.75, 3.05) is 13.1 Å². The second-order valence-electron chi connectivity index (χ2n) is 5.14. The van der Waals surface area contributed by atoms with Gasteiger partial charge in [-0.25, -0.2) is 0 Å². The van der Waals surface area contributed by atoms with Gasteiger partial charge in [0.05, 0.1) is 4.88 Å². The molecule has 1 aliphatic carbocycles. The third-order valence-electron chi connectivity index (χ3n) is 3.42. The van der Waals surface area contributed by atoms with Crippen LogP contribution in [-0.4, -0.2) is 40.9 Å². The maximum atomic E-state index is 12.4. The van der Waals surface area contributed by atoms with Crippen molar-refractivity contribution < 1.29 is 19.5 Å². The quantitative estimate of drug-likeness (QED) is 0.793. The van der Waals surface area contributed by atoms with E-state index < -0.39 is 24.3 Å². The standard InChI is InChI=1S/C14H18N2O4S/c15-12(17)7-16(8-13(18)19)14(20)11-6-9-4-2-1-3-5-10(9)21-11/h6H,1-5,7-8H2,(H2,15,17)(H,18,19). The molecule has 2 rings (SSSR count). The van der Waals surface area contributed by atoms with Crippen LogP contribution in [0.1, 0.15) is 39.4 Å². The van der Waals surface area contributed by atoms with Gasteiger partial charge < -0.3 is 15.7 Å². The minimum atomic E-state index is -1.16. The normalized spacial score (nSPS) is 14.1. The summed E-state index contributed by atoms with van der Waals surface area (Å²) in [5.74, 6) is -2.32. The Bertz CT molecular complexity index is 528. The number of amides is 2. The zero-order valence-corrected chi connectivity index (χ0v) is 12.4. The van der Waals surface area contributed by atoms with Gasteiger partial charge in [-0.2, -0.15) is 0 Å². The molecule has 1 aromatic rings. The maximum absolute atomic E-state index is 12.4. The third-order valence-corrected chi connectivity index (χ3v) is 4.64. The van der Waals surface area contributed by atoms with Crippen LogP contribution in [0.15, 0.2) is 6.07 Å². The van der Waals surface area contributed by atoms with Gasteiger partial charge in [0.2, 0.25) is 5.91 Å². The summed E-state index contributed by atoms with van der Waals surface area (Å²) in [5, 5.41) is 8.85. The molecule has 0 aliphatic heterocycles. The van der Waals surface area contributed by atoms with Crippen LogP contribution in [0.25, 0.3) is 0 Å². The Morgan fingerprint density at radius 3 is 2.57 bits per heavy atom. The van der Waals surface area contributed by atoms with Crippen LogP contribution in [0.4, 0.5) is 0 Å². The van der Waals surface area contributed by atoms with Crippen molar-refractivity contribution in [3.63, 3.8) is 0 Å². The summed E-state index contributed by atoms with van der Waals surface area (Å²) >= 11 is 1.40. The third kappa shape index (κ3) is 4.04. The highest BCUT2D eigenvalue weighted by Gasteiger charge is 2.23. The fourth-order valence-electron chi connectivity index (χ4n) is 2.48. The summed E-state index contributed by atoms with van der Waals surface area (Å²) in [5.41, 5.74) is 6.26. The van der Waals surface area contributed by atoms with Crippen LogP contribution < -0.4 is 5.73 Å². The Labute approximate surface area is 126 Å². The van der Waals surface area contributed by atoms with Gasteiger partial charge in [0.1, 0.15) is 13.1 Å². The number of thiophene rings is 1. The number of aliphatic carboxylic acids is 1. The smallest absolute Gasteiger partial charge is 0.323 e. The molecule has 0 bridgehead atoms. The number of carboxylic acid groups (broad SMARTS) is 1. The van der Waals surface area contributed by atoms with E-state index in [0.29, 0.717) is 4.88 Å². The lowest BCUT2D eigenvalue weighted by atomic mass is 10.1. The number of hydrogen-bond donors (Lipinski definition) is 2. The first-order valence-electron chi connectivity index (χ1n) is 6.88. The number of nitrogens with zero attached hydrogens (tertiary/aromatic N) is 1. The highest BCUT2D eigenvalue weighted by atomic mass is 32.1. The fraction of sp³-hybridized carbons (Fsp3) is 0.500.